The molecule has 2 N–H and O–H groups in total. The molecule has 2 heterocycles. The molecule has 1 amide bonds. The van der Waals surface area contributed by atoms with E-state index in [4.69, 9.17) is 10.5 Å². The molecule has 1 aromatic heterocycles. The zero-order valence-electron chi connectivity index (χ0n) is 11.6. The van der Waals surface area contributed by atoms with E-state index in [2.05, 4.69) is 4.98 Å². The second-order valence-corrected chi connectivity index (χ2v) is 4.99. The lowest BCUT2D eigenvalue weighted by atomic mass is 10.1. The molecule has 5 nitrogen and oxygen atoms in total. The van der Waals surface area contributed by atoms with E-state index >= 15 is 0 Å². The topological polar surface area (TPSA) is 68.5 Å². The summed E-state index contributed by atoms with van der Waals surface area (Å²) < 4.78 is 5.15. The van der Waals surface area contributed by atoms with Crippen LogP contribution < -0.4 is 5.73 Å². The first-order chi connectivity index (χ1) is 9.13. The molecule has 2 rings (SSSR count). The number of nitrogens with two attached hydrogens (primary N) is 1. The van der Waals surface area contributed by atoms with Crippen LogP contribution in [0.15, 0.2) is 12.1 Å². The van der Waals surface area contributed by atoms with Crippen LogP contribution in [0.5, 0.6) is 0 Å². The molecule has 0 aliphatic carbocycles. The number of carbonyl (C=O) groups is 1. The lowest BCUT2D eigenvalue weighted by Crippen LogP contribution is -2.29. The molecule has 1 unspecified atom stereocenters. The first kappa shape index (κ1) is 13.8. The molecule has 1 fully saturated rings. The van der Waals surface area contributed by atoms with Crippen molar-refractivity contribution in [1.82, 2.24) is 9.88 Å². The van der Waals surface area contributed by atoms with Crippen LogP contribution in [0.1, 0.15) is 29.4 Å². The highest BCUT2D eigenvalue weighted by atomic mass is 16.5. The number of carbonyl (C=O) groups excluding carboxylic acids is 1. The second-order valence-electron chi connectivity index (χ2n) is 4.99. The quantitative estimate of drug-likeness (QED) is 0.890. The molecule has 19 heavy (non-hydrogen) atoms. The number of ether oxygens (including phenoxy) is 1. The Morgan fingerprint density at radius 2 is 2.37 bits per heavy atom. The van der Waals surface area contributed by atoms with E-state index in [0.717, 1.165) is 31.6 Å². The molecule has 0 radical (unpaired) electrons. The summed E-state index contributed by atoms with van der Waals surface area (Å²) in [6, 6.07) is 3.49. The van der Waals surface area contributed by atoms with Crippen LogP contribution in [0, 0.1) is 5.92 Å². The number of methoxy groups -OCH3 is 1. The maximum Gasteiger partial charge on any atom is 0.254 e. The minimum absolute atomic E-state index is 0.0439. The second kappa shape index (κ2) is 6.02. The summed E-state index contributed by atoms with van der Waals surface area (Å²) in [7, 11) is 1.70. The van der Waals surface area contributed by atoms with Crippen LogP contribution in [0.3, 0.4) is 0 Å². The zero-order valence-corrected chi connectivity index (χ0v) is 11.6. The van der Waals surface area contributed by atoms with E-state index in [1.165, 1.54) is 0 Å². The largest absolute Gasteiger partial charge is 0.384 e. The maximum absolute atomic E-state index is 12.4. The van der Waals surface area contributed by atoms with Crippen LogP contribution in [-0.2, 0) is 11.2 Å². The number of anilines is 1. The Morgan fingerprint density at radius 1 is 1.58 bits per heavy atom. The number of aryl methyl sites for hydroxylation is 1. The number of hydrogen-bond acceptors (Lipinski definition) is 4. The fourth-order valence-corrected chi connectivity index (χ4v) is 2.49. The Hall–Kier alpha value is -1.62. The van der Waals surface area contributed by atoms with Crippen LogP contribution in [0.25, 0.3) is 0 Å². The molecule has 1 aliphatic rings. The number of hydrogen-bond donors (Lipinski definition) is 1. The molecule has 1 aliphatic heterocycles. The van der Waals surface area contributed by atoms with Gasteiger partial charge < -0.3 is 15.4 Å². The number of nitrogens with zero attached hydrogens (tertiary/aromatic N) is 2. The molecule has 0 bridgehead atoms. The first-order valence-electron chi connectivity index (χ1n) is 6.68. The van der Waals surface area contributed by atoms with Gasteiger partial charge in [0, 0.05) is 37.4 Å². The van der Waals surface area contributed by atoms with Crippen LogP contribution in [0.4, 0.5) is 5.82 Å². The van der Waals surface area contributed by atoms with Crippen molar-refractivity contribution >= 4 is 11.7 Å². The van der Waals surface area contributed by atoms with Gasteiger partial charge in [0.2, 0.25) is 0 Å². The van der Waals surface area contributed by atoms with Crippen LogP contribution in [-0.4, -0.2) is 42.6 Å². The van der Waals surface area contributed by atoms with Gasteiger partial charge in [-0.3, -0.25) is 4.79 Å². The van der Waals surface area contributed by atoms with Crippen molar-refractivity contribution < 1.29 is 9.53 Å². The smallest absolute Gasteiger partial charge is 0.254 e. The third-order valence-corrected chi connectivity index (χ3v) is 3.48. The average molecular weight is 263 g/mol. The summed E-state index contributed by atoms with van der Waals surface area (Å²) in [5.41, 5.74) is 7.24. The van der Waals surface area contributed by atoms with Gasteiger partial charge >= 0.3 is 0 Å². The zero-order chi connectivity index (χ0) is 13.8. The van der Waals surface area contributed by atoms with Crippen molar-refractivity contribution in [2.24, 2.45) is 5.92 Å². The van der Waals surface area contributed by atoms with Gasteiger partial charge in [0.15, 0.2) is 0 Å². The standard InChI is InChI=1S/C14H21N3O2/c1-3-12-6-11(7-13(15)16-12)14(18)17-5-4-10(8-17)9-19-2/h6-7,10H,3-5,8-9H2,1-2H3,(H2,15,16). The summed E-state index contributed by atoms with van der Waals surface area (Å²) >= 11 is 0. The molecule has 5 heteroatoms. The van der Waals surface area contributed by atoms with E-state index in [1.54, 1.807) is 13.2 Å². The summed E-state index contributed by atoms with van der Waals surface area (Å²) in [5.74, 6) is 0.900. The van der Waals surface area contributed by atoms with E-state index in [0.29, 0.717) is 23.9 Å². The van der Waals surface area contributed by atoms with Gasteiger partial charge in [-0.1, -0.05) is 6.92 Å². The Morgan fingerprint density at radius 3 is 3.05 bits per heavy atom. The minimum atomic E-state index is 0.0439. The number of rotatable bonds is 4. The maximum atomic E-state index is 12.4. The predicted molar refractivity (Wildman–Crippen MR) is 73.9 cm³/mol. The van der Waals surface area contributed by atoms with Crippen LogP contribution >= 0.6 is 0 Å². The molecule has 0 spiro atoms. The van der Waals surface area contributed by atoms with Gasteiger partial charge in [0.25, 0.3) is 5.91 Å². The van der Waals surface area contributed by atoms with E-state index in [9.17, 15) is 4.79 Å². The van der Waals surface area contributed by atoms with Crippen molar-refractivity contribution in [3.05, 3.63) is 23.4 Å². The van der Waals surface area contributed by atoms with E-state index < -0.39 is 0 Å². The third kappa shape index (κ3) is 3.23. The molecular weight excluding hydrogens is 242 g/mol. The van der Waals surface area contributed by atoms with Crippen molar-refractivity contribution in [1.29, 1.82) is 0 Å². The van der Waals surface area contributed by atoms with Crippen LogP contribution in [0.2, 0.25) is 0 Å². The monoisotopic (exact) mass is 263 g/mol. The number of aromatic nitrogens is 1. The molecule has 1 aromatic rings. The fraction of sp³-hybridized carbons (Fsp3) is 0.571. The van der Waals surface area contributed by atoms with Crippen molar-refractivity contribution in [3.8, 4) is 0 Å². The molecule has 104 valence electrons. The van der Waals surface area contributed by atoms with Crippen molar-refractivity contribution in [3.63, 3.8) is 0 Å². The number of likely N-dealkylation sites (tertiary alicyclic amines) is 1. The number of pyridine rings is 1. The minimum Gasteiger partial charge on any atom is -0.384 e. The lowest BCUT2D eigenvalue weighted by Gasteiger charge is -2.17. The Labute approximate surface area is 113 Å². The van der Waals surface area contributed by atoms with Gasteiger partial charge in [-0.25, -0.2) is 4.98 Å². The van der Waals surface area contributed by atoms with Crippen molar-refractivity contribution in [2.45, 2.75) is 19.8 Å². The molecule has 1 saturated heterocycles. The van der Waals surface area contributed by atoms with Gasteiger partial charge in [-0.2, -0.15) is 0 Å². The Bertz CT molecular complexity index is 462. The predicted octanol–water partition coefficient (Wildman–Crippen LogP) is 1.33. The normalized spacial score (nSPS) is 18.8. The summed E-state index contributed by atoms with van der Waals surface area (Å²) in [6.45, 7) is 4.26. The Kier molecular flexibility index (Phi) is 4.37. The summed E-state index contributed by atoms with van der Waals surface area (Å²) in [5, 5.41) is 0. The average Bonchev–Trinajstić information content (AvgIpc) is 2.86. The van der Waals surface area contributed by atoms with Gasteiger partial charge in [-0.15, -0.1) is 0 Å². The fourth-order valence-electron chi connectivity index (χ4n) is 2.49. The van der Waals surface area contributed by atoms with Gasteiger partial charge in [0.05, 0.1) is 6.61 Å². The highest BCUT2D eigenvalue weighted by Crippen LogP contribution is 2.20. The molecule has 0 aromatic carbocycles. The first-order valence-corrected chi connectivity index (χ1v) is 6.68. The summed E-state index contributed by atoms with van der Waals surface area (Å²) in [4.78, 5) is 18.5. The highest BCUT2D eigenvalue weighted by Gasteiger charge is 2.27. The number of nitrogen functional groups attached to an aromatic ring is 1. The van der Waals surface area contributed by atoms with E-state index in [-0.39, 0.29) is 5.91 Å². The summed E-state index contributed by atoms with van der Waals surface area (Å²) in [6.07, 6.45) is 1.78. The molecule has 1 atom stereocenters. The molecule has 0 saturated carbocycles. The number of amides is 1. The van der Waals surface area contributed by atoms with Crippen molar-refractivity contribution in [2.75, 3.05) is 32.5 Å². The third-order valence-electron chi connectivity index (χ3n) is 3.48. The molecular formula is C14H21N3O2. The van der Waals surface area contributed by atoms with Gasteiger partial charge in [-0.05, 0) is 25.0 Å². The highest BCUT2D eigenvalue weighted by molar-refractivity contribution is 5.95. The van der Waals surface area contributed by atoms with E-state index in [1.807, 2.05) is 17.9 Å². The van der Waals surface area contributed by atoms with Gasteiger partial charge in [0.1, 0.15) is 5.82 Å². The SMILES string of the molecule is CCc1cc(C(=O)N2CCC(COC)C2)cc(N)n1. The Balaban J connectivity index is 2.10. The lowest BCUT2D eigenvalue weighted by molar-refractivity contribution is 0.0775.